The highest BCUT2D eigenvalue weighted by Gasteiger charge is 2.21. The summed E-state index contributed by atoms with van der Waals surface area (Å²) in [5.74, 6) is 0.880. The smallest absolute Gasteiger partial charge is 0.166 e. The predicted octanol–water partition coefficient (Wildman–Crippen LogP) is -0.0584. The van der Waals surface area contributed by atoms with Crippen LogP contribution >= 0.6 is 12.2 Å². The fourth-order valence-corrected chi connectivity index (χ4v) is 1.33. The lowest BCUT2D eigenvalue weighted by Gasteiger charge is -2.08. The Hall–Kier alpha value is -1.17. The Morgan fingerprint density at radius 2 is 2.50 bits per heavy atom. The lowest BCUT2D eigenvalue weighted by molar-refractivity contribution is 0.734. The van der Waals surface area contributed by atoms with Gasteiger partial charge in [-0.25, -0.2) is 0 Å². The van der Waals surface area contributed by atoms with Gasteiger partial charge in [0.25, 0.3) is 0 Å². The van der Waals surface area contributed by atoms with Crippen molar-refractivity contribution in [2.75, 3.05) is 0 Å². The van der Waals surface area contributed by atoms with Crippen molar-refractivity contribution in [2.45, 2.75) is 25.4 Å². The average Bonchev–Trinajstić information content (AvgIpc) is 2.86. The maximum Gasteiger partial charge on any atom is 0.166 e. The second kappa shape index (κ2) is 3.91. The van der Waals surface area contributed by atoms with Gasteiger partial charge in [0.05, 0.1) is 6.54 Å². The zero-order valence-electron chi connectivity index (χ0n) is 8.03. The number of aryl methyl sites for hydroxylation is 1. The van der Waals surface area contributed by atoms with Gasteiger partial charge in [0.1, 0.15) is 6.33 Å². The standard InChI is InChI=1S/C8H13N5S/c1-13-5-10-12-7(13)4-9-8(14)11-6-2-3-6/h5-6H,2-4H2,1H3,(H2,9,11,14). The molecular formula is C8H13N5S. The van der Waals surface area contributed by atoms with Crippen LogP contribution in [0.5, 0.6) is 0 Å². The van der Waals surface area contributed by atoms with E-state index >= 15 is 0 Å². The lowest BCUT2D eigenvalue weighted by Crippen LogP contribution is -2.36. The molecule has 0 unspecified atom stereocenters. The number of nitrogens with one attached hydrogen (secondary N) is 2. The number of hydrogen-bond donors (Lipinski definition) is 2. The summed E-state index contributed by atoms with van der Waals surface area (Å²) in [6, 6.07) is 0.592. The molecule has 1 aromatic rings. The van der Waals surface area contributed by atoms with E-state index in [9.17, 15) is 0 Å². The van der Waals surface area contributed by atoms with E-state index in [2.05, 4.69) is 20.8 Å². The number of rotatable bonds is 3. The number of hydrogen-bond acceptors (Lipinski definition) is 3. The molecule has 1 fully saturated rings. The Morgan fingerprint density at radius 3 is 3.07 bits per heavy atom. The van der Waals surface area contributed by atoms with Gasteiger partial charge in [-0.15, -0.1) is 10.2 Å². The number of nitrogens with zero attached hydrogens (tertiary/aromatic N) is 3. The van der Waals surface area contributed by atoms with Gasteiger partial charge in [0.2, 0.25) is 0 Å². The summed E-state index contributed by atoms with van der Waals surface area (Å²) in [7, 11) is 1.91. The quantitative estimate of drug-likeness (QED) is 0.686. The lowest BCUT2D eigenvalue weighted by atomic mass is 10.6. The van der Waals surface area contributed by atoms with Crippen molar-refractivity contribution in [3.63, 3.8) is 0 Å². The third-order valence-corrected chi connectivity index (χ3v) is 2.39. The van der Waals surface area contributed by atoms with Crippen LogP contribution in [0.3, 0.4) is 0 Å². The Morgan fingerprint density at radius 1 is 1.71 bits per heavy atom. The predicted molar refractivity (Wildman–Crippen MR) is 56.6 cm³/mol. The van der Waals surface area contributed by atoms with E-state index in [0.29, 0.717) is 17.7 Å². The molecule has 2 rings (SSSR count). The van der Waals surface area contributed by atoms with Crippen LogP contribution in [0.2, 0.25) is 0 Å². The Labute approximate surface area is 87.9 Å². The molecule has 76 valence electrons. The molecule has 1 aliphatic carbocycles. The molecule has 0 atom stereocenters. The normalized spacial score (nSPS) is 15.2. The largest absolute Gasteiger partial charge is 0.360 e. The maximum atomic E-state index is 5.11. The van der Waals surface area contributed by atoms with E-state index < -0.39 is 0 Å². The molecule has 0 aliphatic heterocycles. The van der Waals surface area contributed by atoms with Crippen molar-refractivity contribution < 1.29 is 0 Å². The molecule has 5 nitrogen and oxygen atoms in total. The zero-order valence-corrected chi connectivity index (χ0v) is 8.84. The van der Waals surface area contributed by atoms with Crippen LogP contribution in [0.25, 0.3) is 0 Å². The summed E-state index contributed by atoms with van der Waals surface area (Å²) in [6.45, 7) is 0.620. The SMILES string of the molecule is Cn1cnnc1CNC(=S)NC1CC1. The van der Waals surface area contributed by atoms with Crippen molar-refractivity contribution in [1.82, 2.24) is 25.4 Å². The van der Waals surface area contributed by atoms with E-state index in [1.54, 1.807) is 6.33 Å². The van der Waals surface area contributed by atoms with E-state index in [1.807, 2.05) is 11.6 Å². The molecule has 0 spiro atoms. The van der Waals surface area contributed by atoms with Gasteiger partial charge in [-0.1, -0.05) is 0 Å². The summed E-state index contributed by atoms with van der Waals surface area (Å²) in [4.78, 5) is 0. The van der Waals surface area contributed by atoms with E-state index in [1.165, 1.54) is 12.8 Å². The third kappa shape index (κ3) is 2.41. The summed E-state index contributed by atoms with van der Waals surface area (Å²) in [5.41, 5.74) is 0. The van der Waals surface area contributed by atoms with Crippen LogP contribution in [0, 0.1) is 0 Å². The fourth-order valence-electron chi connectivity index (χ4n) is 1.09. The molecule has 1 heterocycles. The fraction of sp³-hybridized carbons (Fsp3) is 0.625. The topological polar surface area (TPSA) is 54.8 Å². The Kier molecular flexibility index (Phi) is 2.62. The van der Waals surface area contributed by atoms with Crippen LogP contribution in [0.1, 0.15) is 18.7 Å². The molecule has 0 amide bonds. The summed E-state index contributed by atoms with van der Waals surface area (Å²) >= 11 is 5.11. The van der Waals surface area contributed by atoms with Gasteiger partial charge in [-0.3, -0.25) is 0 Å². The molecule has 0 saturated heterocycles. The number of aromatic nitrogens is 3. The van der Waals surface area contributed by atoms with Crippen LogP contribution in [0.4, 0.5) is 0 Å². The molecule has 0 bridgehead atoms. The monoisotopic (exact) mass is 211 g/mol. The van der Waals surface area contributed by atoms with E-state index in [4.69, 9.17) is 12.2 Å². The Balaban J connectivity index is 1.76. The van der Waals surface area contributed by atoms with Gasteiger partial charge in [0, 0.05) is 13.1 Å². The highest BCUT2D eigenvalue weighted by atomic mass is 32.1. The van der Waals surface area contributed by atoms with Crippen LogP contribution in [0.15, 0.2) is 6.33 Å². The molecule has 14 heavy (non-hydrogen) atoms. The highest BCUT2D eigenvalue weighted by Crippen LogP contribution is 2.18. The van der Waals surface area contributed by atoms with Crippen LogP contribution < -0.4 is 10.6 Å². The van der Waals surface area contributed by atoms with Gasteiger partial charge in [-0.05, 0) is 25.1 Å². The van der Waals surface area contributed by atoms with Gasteiger partial charge >= 0.3 is 0 Å². The summed E-state index contributed by atoms with van der Waals surface area (Å²) in [6.07, 6.45) is 4.13. The maximum absolute atomic E-state index is 5.11. The molecule has 1 saturated carbocycles. The van der Waals surface area contributed by atoms with Gasteiger partial charge < -0.3 is 15.2 Å². The van der Waals surface area contributed by atoms with Crippen LogP contribution in [-0.4, -0.2) is 25.9 Å². The van der Waals surface area contributed by atoms with Crippen molar-refractivity contribution >= 4 is 17.3 Å². The first-order valence-electron chi connectivity index (χ1n) is 4.63. The summed E-state index contributed by atoms with van der Waals surface area (Å²) < 4.78 is 1.87. The average molecular weight is 211 g/mol. The van der Waals surface area contributed by atoms with Crippen molar-refractivity contribution in [3.05, 3.63) is 12.2 Å². The first kappa shape index (κ1) is 9.39. The Bertz CT molecular complexity index is 330. The van der Waals surface area contributed by atoms with Gasteiger partial charge in [0.15, 0.2) is 10.9 Å². The zero-order chi connectivity index (χ0) is 9.97. The van der Waals surface area contributed by atoms with Crippen molar-refractivity contribution in [2.24, 2.45) is 7.05 Å². The van der Waals surface area contributed by atoms with Crippen molar-refractivity contribution in [1.29, 1.82) is 0 Å². The molecule has 1 aliphatic rings. The second-order valence-corrected chi connectivity index (χ2v) is 3.87. The van der Waals surface area contributed by atoms with E-state index in [0.717, 1.165) is 5.82 Å². The van der Waals surface area contributed by atoms with Crippen molar-refractivity contribution in [3.8, 4) is 0 Å². The second-order valence-electron chi connectivity index (χ2n) is 3.46. The minimum atomic E-state index is 0.592. The summed E-state index contributed by atoms with van der Waals surface area (Å²) in [5, 5.41) is 14.7. The highest BCUT2D eigenvalue weighted by molar-refractivity contribution is 7.80. The van der Waals surface area contributed by atoms with Crippen LogP contribution in [-0.2, 0) is 13.6 Å². The third-order valence-electron chi connectivity index (χ3n) is 2.12. The first-order valence-corrected chi connectivity index (χ1v) is 5.04. The molecule has 2 N–H and O–H groups in total. The number of thiocarbonyl (C=S) groups is 1. The minimum Gasteiger partial charge on any atom is -0.360 e. The van der Waals surface area contributed by atoms with Gasteiger partial charge in [-0.2, -0.15) is 0 Å². The molecule has 0 radical (unpaired) electrons. The molecule has 6 heteroatoms. The molecule has 0 aromatic carbocycles. The van der Waals surface area contributed by atoms with E-state index in [-0.39, 0.29) is 0 Å². The first-order chi connectivity index (χ1) is 6.75. The molecule has 1 aromatic heterocycles. The molecular weight excluding hydrogens is 198 g/mol. The minimum absolute atomic E-state index is 0.592.